The van der Waals surface area contributed by atoms with Crippen LogP contribution in [0.4, 0.5) is 17.1 Å². The van der Waals surface area contributed by atoms with Crippen molar-refractivity contribution in [2.45, 2.75) is 19.8 Å². The summed E-state index contributed by atoms with van der Waals surface area (Å²) in [5.74, 6) is -1.81. The number of nitro benzene ring substituents is 1. The van der Waals surface area contributed by atoms with E-state index < -0.39 is 55.3 Å². The number of carbonyl (C=O) groups excluding carboxylic acids is 2. The van der Waals surface area contributed by atoms with Crippen LogP contribution in [0.2, 0.25) is 0 Å². The molecule has 15 heteroatoms. The van der Waals surface area contributed by atoms with Crippen LogP contribution in [0.1, 0.15) is 18.4 Å². The van der Waals surface area contributed by atoms with Crippen LogP contribution in [-0.4, -0.2) is 46.1 Å². The first-order chi connectivity index (χ1) is 21.6. The van der Waals surface area contributed by atoms with Crippen molar-refractivity contribution in [1.29, 1.82) is 0 Å². The highest BCUT2D eigenvalue weighted by atomic mass is 32.2. The SMILES string of the molecule is Cc1ccc(N(C(=O)CCC(=O)N(c2ccc([N+](=O)[O-])cc2Oc2ccccc2)S(C)(=O)=O)S(C)(=O)=O)c(Oc2ccccc2)c1. The Balaban J connectivity index is 1.67. The number of aryl methyl sites for hydroxylation is 1. The number of non-ortho nitro benzene ring substituents is 1. The van der Waals surface area contributed by atoms with Gasteiger partial charge in [0.25, 0.3) is 5.69 Å². The second-order valence-electron chi connectivity index (χ2n) is 10.1. The number of nitrogens with zero attached hydrogens (tertiary/aromatic N) is 3. The molecule has 0 radical (unpaired) electrons. The molecule has 0 spiro atoms. The van der Waals surface area contributed by atoms with E-state index in [1.165, 1.54) is 18.2 Å². The molecule has 46 heavy (non-hydrogen) atoms. The lowest BCUT2D eigenvalue weighted by molar-refractivity contribution is -0.384. The van der Waals surface area contributed by atoms with Gasteiger partial charge in [-0.1, -0.05) is 42.5 Å². The van der Waals surface area contributed by atoms with Crippen LogP contribution in [0.25, 0.3) is 0 Å². The molecule has 0 bridgehead atoms. The number of amides is 2. The highest BCUT2D eigenvalue weighted by molar-refractivity contribution is 7.93. The molecule has 4 rings (SSSR count). The van der Waals surface area contributed by atoms with Crippen molar-refractivity contribution in [3.05, 3.63) is 113 Å². The second-order valence-corrected chi connectivity index (χ2v) is 13.7. The van der Waals surface area contributed by atoms with Gasteiger partial charge in [-0.15, -0.1) is 0 Å². The molecule has 0 atom stereocenters. The maximum Gasteiger partial charge on any atom is 0.273 e. The number of benzene rings is 4. The molecule has 0 aliphatic carbocycles. The molecule has 4 aromatic carbocycles. The Bertz CT molecular complexity index is 1990. The molecule has 0 N–H and O–H groups in total. The molecule has 2 amide bonds. The van der Waals surface area contributed by atoms with Crippen LogP contribution in [0.3, 0.4) is 0 Å². The largest absolute Gasteiger partial charge is 0.455 e. The summed E-state index contributed by atoms with van der Waals surface area (Å²) < 4.78 is 64.1. The Morgan fingerprint density at radius 2 is 1.09 bits per heavy atom. The summed E-state index contributed by atoms with van der Waals surface area (Å²) in [6.07, 6.45) is 0.0767. The topological polar surface area (TPSA) is 170 Å². The van der Waals surface area contributed by atoms with Crippen molar-refractivity contribution in [3.8, 4) is 23.0 Å². The van der Waals surface area contributed by atoms with E-state index in [1.807, 2.05) is 0 Å². The predicted molar refractivity (Wildman–Crippen MR) is 171 cm³/mol. The number of anilines is 2. The van der Waals surface area contributed by atoms with Crippen LogP contribution in [-0.2, 0) is 29.6 Å². The van der Waals surface area contributed by atoms with Gasteiger partial charge in [0.1, 0.15) is 22.9 Å². The second kappa shape index (κ2) is 13.8. The van der Waals surface area contributed by atoms with E-state index >= 15 is 0 Å². The lowest BCUT2D eigenvalue weighted by Crippen LogP contribution is -2.39. The minimum Gasteiger partial charge on any atom is -0.455 e. The van der Waals surface area contributed by atoms with E-state index in [0.29, 0.717) is 19.9 Å². The van der Waals surface area contributed by atoms with Crippen LogP contribution in [0.5, 0.6) is 23.0 Å². The van der Waals surface area contributed by atoms with E-state index in [2.05, 4.69) is 0 Å². The molecule has 0 saturated heterocycles. The first-order valence-electron chi connectivity index (χ1n) is 13.6. The minimum atomic E-state index is -4.39. The van der Waals surface area contributed by atoms with Gasteiger partial charge in [-0.3, -0.25) is 19.7 Å². The van der Waals surface area contributed by atoms with Crippen LogP contribution < -0.4 is 18.1 Å². The Labute approximate surface area is 265 Å². The van der Waals surface area contributed by atoms with E-state index in [4.69, 9.17) is 9.47 Å². The van der Waals surface area contributed by atoms with Crippen molar-refractivity contribution < 1.29 is 40.8 Å². The number of nitro groups is 1. The van der Waals surface area contributed by atoms with E-state index in [9.17, 15) is 36.5 Å². The molecule has 0 aliphatic rings. The van der Waals surface area contributed by atoms with Gasteiger partial charge in [-0.2, -0.15) is 0 Å². The maximum absolute atomic E-state index is 13.5. The summed E-state index contributed by atoms with van der Waals surface area (Å²) in [5, 5.41) is 11.5. The average molecular weight is 668 g/mol. The number of rotatable bonds is 12. The van der Waals surface area contributed by atoms with E-state index in [0.717, 1.165) is 30.7 Å². The summed E-state index contributed by atoms with van der Waals surface area (Å²) in [6.45, 7) is 1.75. The standard InChI is InChI=1S/C31H29N3O10S2/c1-22-14-16-26(28(20-22)43-24-10-6-4-7-11-24)32(45(2,39)40)30(35)18-19-31(36)33(46(3,41)42)27-17-15-23(34(37)38)21-29(27)44-25-12-8-5-9-13-25/h4-17,20-21H,18-19H2,1-3H3. The van der Waals surface area contributed by atoms with Gasteiger partial charge in [-0.05, 0) is 55.0 Å². The quantitative estimate of drug-likeness (QED) is 0.138. The fourth-order valence-corrected chi connectivity index (χ4v) is 6.32. The summed E-state index contributed by atoms with van der Waals surface area (Å²) in [5.41, 5.74) is -0.165. The smallest absolute Gasteiger partial charge is 0.273 e. The Morgan fingerprint density at radius 3 is 1.50 bits per heavy atom. The number of hydrogen-bond donors (Lipinski definition) is 0. The molecule has 0 fully saturated rings. The highest BCUT2D eigenvalue weighted by Crippen LogP contribution is 2.38. The van der Waals surface area contributed by atoms with Gasteiger partial charge >= 0.3 is 0 Å². The summed E-state index contributed by atoms with van der Waals surface area (Å²) in [7, 11) is -8.66. The Morgan fingerprint density at radius 1 is 0.674 bits per heavy atom. The zero-order chi connectivity index (χ0) is 33.6. The molecule has 0 saturated carbocycles. The Kier molecular flexibility index (Phi) is 10.1. The van der Waals surface area contributed by atoms with E-state index in [-0.39, 0.29) is 28.6 Å². The van der Waals surface area contributed by atoms with E-state index in [1.54, 1.807) is 67.6 Å². The van der Waals surface area contributed by atoms with Crippen molar-refractivity contribution in [2.75, 3.05) is 21.1 Å². The lowest BCUT2D eigenvalue weighted by atomic mass is 10.2. The molecule has 0 aromatic heterocycles. The molecular weight excluding hydrogens is 638 g/mol. The van der Waals surface area contributed by atoms with Crippen molar-refractivity contribution >= 4 is 48.9 Å². The van der Waals surface area contributed by atoms with Crippen molar-refractivity contribution in [2.24, 2.45) is 0 Å². The van der Waals surface area contributed by atoms with Gasteiger partial charge < -0.3 is 9.47 Å². The third-order valence-electron chi connectivity index (χ3n) is 6.32. The monoisotopic (exact) mass is 667 g/mol. The predicted octanol–water partition coefficient (Wildman–Crippen LogP) is 5.55. The molecule has 4 aromatic rings. The summed E-state index contributed by atoms with van der Waals surface area (Å²) in [4.78, 5) is 37.7. The third-order valence-corrected chi connectivity index (χ3v) is 8.45. The molecule has 0 aliphatic heterocycles. The number of carbonyl (C=O) groups is 2. The fourth-order valence-electron chi connectivity index (χ4n) is 4.38. The zero-order valence-corrected chi connectivity index (χ0v) is 26.5. The summed E-state index contributed by atoms with van der Waals surface area (Å²) >= 11 is 0. The molecule has 240 valence electrons. The molecule has 0 unspecified atom stereocenters. The van der Waals surface area contributed by atoms with Gasteiger partial charge in [0.15, 0.2) is 11.5 Å². The molecule has 13 nitrogen and oxygen atoms in total. The van der Waals surface area contributed by atoms with Gasteiger partial charge in [0.05, 0.1) is 23.5 Å². The summed E-state index contributed by atoms with van der Waals surface area (Å²) in [6, 6.07) is 24.0. The normalized spacial score (nSPS) is 11.4. The number of para-hydroxylation sites is 2. The maximum atomic E-state index is 13.5. The molecular formula is C31H29N3O10S2. The average Bonchev–Trinajstić information content (AvgIpc) is 2.98. The Hall–Kier alpha value is -5.28. The van der Waals surface area contributed by atoms with Gasteiger partial charge in [-0.25, -0.2) is 25.4 Å². The lowest BCUT2D eigenvalue weighted by Gasteiger charge is -2.25. The first-order valence-corrected chi connectivity index (χ1v) is 17.3. The van der Waals surface area contributed by atoms with Crippen LogP contribution in [0.15, 0.2) is 97.1 Å². The fraction of sp³-hybridized carbons (Fsp3) is 0.161. The van der Waals surface area contributed by atoms with Crippen LogP contribution in [0, 0.1) is 17.0 Å². The van der Waals surface area contributed by atoms with Crippen molar-refractivity contribution in [1.82, 2.24) is 0 Å². The van der Waals surface area contributed by atoms with Gasteiger partial charge in [0, 0.05) is 18.9 Å². The third kappa shape index (κ3) is 8.25. The number of hydrogen-bond acceptors (Lipinski definition) is 10. The molecule has 0 heterocycles. The van der Waals surface area contributed by atoms with Gasteiger partial charge in [0.2, 0.25) is 31.9 Å². The minimum absolute atomic E-state index is 0.0580. The van der Waals surface area contributed by atoms with Crippen LogP contribution >= 0.6 is 0 Å². The van der Waals surface area contributed by atoms with Crippen molar-refractivity contribution in [3.63, 3.8) is 0 Å². The highest BCUT2D eigenvalue weighted by Gasteiger charge is 2.33. The zero-order valence-electron chi connectivity index (χ0n) is 24.9. The number of sulfonamides is 2. The number of ether oxygens (including phenoxy) is 2. The first kappa shape index (κ1) is 33.6.